The summed E-state index contributed by atoms with van der Waals surface area (Å²) < 4.78 is 33.1. The second kappa shape index (κ2) is 9.73. The van der Waals surface area contributed by atoms with Gasteiger partial charge in [-0.25, -0.2) is 8.42 Å². The Morgan fingerprint density at radius 3 is 2.19 bits per heavy atom. The van der Waals surface area contributed by atoms with E-state index in [0.29, 0.717) is 18.7 Å². The third-order valence-corrected chi connectivity index (χ3v) is 7.76. The molecule has 0 spiro atoms. The minimum absolute atomic E-state index is 0.0878. The monoisotopic (exact) mass is 470 g/mol. The van der Waals surface area contributed by atoms with Crippen LogP contribution in [0.2, 0.25) is 5.02 Å². The molecule has 0 saturated carbocycles. The number of amides is 1. The Hall–Kier alpha value is -2.87. The molecule has 166 valence electrons. The molecule has 0 N–H and O–H groups in total. The summed E-state index contributed by atoms with van der Waals surface area (Å²) in [6, 6.07) is 23.1. The molecule has 1 saturated heterocycles. The van der Waals surface area contributed by atoms with Crippen molar-refractivity contribution in [2.45, 2.75) is 11.5 Å². The van der Waals surface area contributed by atoms with Crippen LogP contribution in [0.5, 0.6) is 5.75 Å². The quantitative estimate of drug-likeness (QED) is 0.544. The SMILES string of the molecule is O=C(c1ccccc1COc1ccccc1)N1CCN(S(=O)(=O)c2ccccc2Cl)CC1. The van der Waals surface area contributed by atoms with E-state index in [-0.39, 0.29) is 35.5 Å². The summed E-state index contributed by atoms with van der Waals surface area (Å²) in [7, 11) is -3.71. The zero-order valence-corrected chi connectivity index (χ0v) is 18.9. The molecular formula is C24H23ClN2O4S. The van der Waals surface area contributed by atoms with Gasteiger partial charge in [-0.15, -0.1) is 0 Å². The number of rotatable bonds is 6. The molecule has 1 heterocycles. The van der Waals surface area contributed by atoms with Crippen LogP contribution in [0.3, 0.4) is 0 Å². The Labute approximate surface area is 193 Å². The van der Waals surface area contributed by atoms with Gasteiger partial charge in [0, 0.05) is 37.3 Å². The molecular weight excluding hydrogens is 448 g/mol. The summed E-state index contributed by atoms with van der Waals surface area (Å²) in [5.41, 5.74) is 1.35. The van der Waals surface area contributed by atoms with E-state index in [9.17, 15) is 13.2 Å². The second-order valence-corrected chi connectivity index (χ2v) is 9.70. The molecule has 1 aliphatic heterocycles. The van der Waals surface area contributed by atoms with Crippen LogP contribution in [0.1, 0.15) is 15.9 Å². The maximum Gasteiger partial charge on any atom is 0.254 e. The highest BCUT2D eigenvalue weighted by atomic mass is 35.5. The molecule has 3 aromatic carbocycles. The Morgan fingerprint density at radius 2 is 1.47 bits per heavy atom. The molecule has 0 aliphatic carbocycles. The number of nitrogens with zero attached hydrogens (tertiary/aromatic N) is 2. The van der Waals surface area contributed by atoms with Crippen LogP contribution in [-0.2, 0) is 16.6 Å². The van der Waals surface area contributed by atoms with Gasteiger partial charge < -0.3 is 9.64 Å². The van der Waals surface area contributed by atoms with E-state index in [4.69, 9.17) is 16.3 Å². The number of ether oxygens (including phenoxy) is 1. The highest BCUT2D eigenvalue weighted by molar-refractivity contribution is 7.89. The molecule has 4 rings (SSSR count). The molecule has 6 nitrogen and oxygen atoms in total. The molecule has 1 amide bonds. The molecule has 0 radical (unpaired) electrons. The summed E-state index contributed by atoms with van der Waals surface area (Å²) in [4.78, 5) is 15.0. The van der Waals surface area contributed by atoms with E-state index < -0.39 is 10.0 Å². The first kappa shape index (κ1) is 22.3. The van der Waals surface area contributed by atoms with Crippen molar-refractivity contribution in [3.8, 4) is 5.75 Å². The van der Waals surface area contributed by atoms with E-state index in [1.165, 1.54) is 10.4 Å². The van der Waals surface area contributed by atoms with Crippen molar-refractivity contribution < 1.29 is 17.9 Å². The highest BCUT2D eigenvalue weighted by Gasteiger charge is 2.32. The predicted molar refractivity (Wildman–Crippen MR) is 123 cm³/mol. The lowest BCUT2D eigenvalue weighted by atomic mass is 10.1. The van der Waals surface area contributed by atoms with Gasteiger partial charge in [0.25, 0.3) is 5.91 Å². The Kier molecular flexibility index (Phi) is 6.79. The average Bonchev–Trinajstić information content (AvgIpc) is 2.83. The van der Waals surface area contributed by atoms with Crippen molar-refractivity contribution in [3.63, 3.8) is 0 Å². The van der Waals surface area contributed by atoms with Crippen LogP contribution in [0.25, 0.3) is 0 Å². The molecule has 1 fully saturated rings. The molecule has 1 aliphatic rings. The second-order valence-electron chi connectivity index (χ2n) is 7.39. The molecule has 0 aromatic heterocycles. The van der Waals surface area contributed by atoms with E-state index in [1.54, 1.807) is 29.2 Å². The van der Waals surface area contributed by atoms with Crippen molar-refractivity contribution >= 4 is 27.5 Å². The maximum absolute atomic E-state index is 13.2. The van der Waals surface area contributed by atoms with Crippen LogP contribution in [0, 0.1) is 0 Å². The average molecular weight is 471 g/mol. The Morgan fingerprint density at radius 1 is 0.844 bits per heavy atom. The number of halogens is 1. The molecule has 0 atom stereocenters. The highest BCUT2D eigenvalue weighted by Crippen LogP contribution is 2.25. The van der Waals surface area contributed by atoms with E-state index in [2.05, 4.69) is 0 Å². The fraction of sp³-hybridized carbons (Fsp3) is 0.208. The number of carbonyl (C=O) groups is 1. The third-order valence-electron chi connectivity index (χ3n) is 5.37. The first-order valence-corrected chi connectivity index (χ1v) is 12.1. The summed E-state index contributed by atoms with van der Waals surface area (Å²) in [5.74, 6) is 0.597. The van der Waals surface area contributed by atoms with Gasteiger partial charge in [-0.2, -0.15) is 4.31 Å². The maximum atomic E-state index is 13.2. The minimum atomic E-state index is -3.71. The molecule has 0 unspecified atom stereocenters. The summed E-state index contributed by atoms with van der Waals surface area (Å²) in [6.45, 7) is 1.30. The van der Waals surface area contributed by atoms with Crippen molar-refractivity contribution in [2.75, 3.05) is 26.2 Å². The number of piperazine rings is 1. The molecule has 3 aromatic rings. The van der Waals surface area contributed by atoms with Gasteiger partial charge in [0.2, 0.25) is 10.0 Å². The Bertz CT molecular complexity index is 1190. The summed E-state index contributed by atoms with van der Waals surface area (Å²) in [5, 5.41) is 0.193. The lowest BCUT2D eigenvalue weighted by Crippen LogP contribution is -2.50. The molecule has 8 heteroatoms. The fourth-order valence-corrected chi connectivity index (χ4v) is 5.54. The number of hydrogen-bond donors (Lipinski definition) is 0. The topological polar surface area (TPSA) is 66.9 Å². The fourth-order valence-electron chi connectivity index (χ4n) is 3.63. The van der Waals surface area contributed by atoms with Crippen LogP contribution >= 0.6 is 11.6 Å². The molecule has 0 bridgehead atoms. The number of benzene rings is 3. The summed E-state index contributed by atoms with van der Waals surface area (Å²) >= 11 is 6.10. The van der Waals surface area contributed by atoms with E-state index in [1.807, 2.05) is 48.5 Å². The van der Waals surface area contributed by atoms with Crippen LogP contribution in [-0.4, -0.2) is 49.7 Å². The van der Waals surface area contributed by atoms with Crippen molar-refractivity contribution in [1.29, 1.82) is 0 Å². The zero-order chi connectivity index (χ0) is 22.6. The zero-order valence-electron chi connectivity index (χ0n) is 17.4. The van der Waals surface area contributed by atoms with Gasteiger partial charge in [-0.1, -0.05) is 60.1 Å². The Balaban J connectivity index is 1.43. The third kappa shape index (κ3) is 4.80. The number of para-hydroxylation sites is 1. The number of hydrogen-bond acceptors (Lipinski definition) is 4. The summed E-state index contributed by atoms with van der Waals surface area (Å²) in [6.07, 6.45) is 0. The van der Waals surface area contributed by atoms with Crippen molar-refractivity contribution in [3.05, 3.63) is 95.0 Å². The van der Waals surface area contributed by atoms with Crippen LogP contribution in [0.4, 0.5) is 0 Å². The van der Waals surface area contributed by atoms with E-state index >= 15 is 0 Å². The van der Waals surface area contributed by atoms with Crippen LogP contribution in [0.15, 0.2) is 83.8 Å². The van der Waals surface area contributed by atoms with E-state index in [0.717, 1.165) is 11.3 Å². The van der Waals surface area contributed by atoms with Crippen molar-refractivity contribution in [1.82, 2.24) is 9.21 Å². The van der Waals surface area contributed by atoms with Gasteiger partial charge in [-0.05, 0) is 30.3 Å². The van der Waals surface area contributed by atoms with Crippen molar-refractivity contribution in [2.24, 2.45) is 0 Å². The normalized spacial score (nSPS) is 14.8. The van der Waals surface area contributed by atoms with Gasteiger partial charge in [0.05, 0.1) is 5.02 Å². The van der Waals surface area contributed by atoms with Gasteiger partial charge in [-0.3, -0.25) is 4.79 Å². The van der Waals surface area contributed by atoms with Crippen LogP contribution < -0.4 is 4.74 Å². The first-order chi connectivity index (χ1) is 15.5. The molecule has 32 heavy (non-hydrogen) atoms. The predicted octanol–water partition coefficient (Wildman–Crippen LogP) is 4.07. The standard InChI is InChI=1S/C24H23ClN2O4S/c25-22-12-6-7-13-23(22)32(29,30)27-16-14-26(15-17-27)24(28)21-11-5-4-8-19(21)18-31-20-9-2-1-3-10-20/h1-13H,14-18H2. The van der Waals surface area contributed by atoms with Gasteiger partial charge >= 0.3 is 0 Å². The largest absolute Gasteiger partial charge is 0.489 e. The lowest BCUT2D eigenvalue weighted by molar-refractivity contribution is 0.0695. The smallest absolute Gasteiger partial charge is 0.254 e. The lowest BCUT2D eigenvalue weighted by Gasteiger charge is -2.34. The first-order valence-electron chi connectivity index (χ1n) is 10.3. The van der Waals surface area contributed by atoms with Gasteiger partial charge in [0.1, 0.15) is 17.3 Å². The minimum Gasteiger partial charge on any atom is -0.489 e. The van der Waals surface area contributed by atoms with Gasteiger partial charge in [0.15, 0.2) is 0 Å². The number of sulfonamides is 1. The number of carbonyl (C=O) groups excluding carboxylic acids is 1.